The molecule has 98 valence electrons. The molecule has 0 amide bonds. The summed E-state index contributed by atoms with van der Waals surface area (Å²) in [5.74, 6) is -2.34. The molecular formula is C14H11F2NO2. The van der Waals surface area contributed by atoms with E-state index in [1.165, 1.54) is 19.1 Å². The van der Waals surface area contributed by atoms with Crippen molar-refractivity contribution in [2.24, 2.45) is 0 Å². The Labute approximate surface area is 108 Å². The molecule has 0 saturated heterocycles. The van der Waals surface area contributed by atoms with Crippen molar-refractivity contribution in [1.82, 2.24) is 0 Å². The maximum atomic E-state index is 13.7. The fraction of sp³-hybridized carbons (Fsp3) is 0.0714. The molecule has 0 atom stereocenters. The summed E-state index contributed by atoms with van der Waals surface area (Å²) < 4.78 is 27.1. The number of rotatable bonds is 3. The fourth-order valence-electron chi connectivity index (χ4n) is 1.67. The van der Waals surface area contributed by atoms with Gasteiger partial charge in [-0.2, -0.15) is 0 Å². The zero-order chi connectivity index (χ0) is 14.0. The third-order valence-corrected chi connectivity index (χ3v) is 2.68. The van der Waals surface area contributed by atoms with Gasteiger partial charge in [-0.25, -0.2) is 13.6 Å². The van der Waals surface area contributed by atoms with Gasteiger partial charge in [0.15, 0.2) is 0 Å². The third kappa shape index (κ3) is 2.70. The van der Waals surface area contributed by atoms with Crippen molar-refractivity contribution in [1.29, 1.82) is 0 Å². The van der Waals surface area contributed by atoms with Crippen LogP contribution in [0.1, 0.15) is 15.9 Å². The summed E-state index contributed by atoms with van der Waals surface area (Å²) in [7, 11) is 0. The van der Waals surface area contributed by atoms with Crippen LogP contribution in [0.3, 0.4) is 0 Å². The molecule has 0 fully saturated rings. The predicted molar refractivity (Wildman–Crippen MR) is 67.8 cm³/mol. The Morgan fingerprint density at radius 2 is 1.79 bits per heavy atom. The molecule has 0 bridgehead atoms. The Morgan fingerprint density at radius 3 is 2.47 bits per heavy atom. The number of carbonyl (C=O) groups is 1. The highest BCUT2D eigenvalue weighted by Gasteiger charge is 2.12. The van der Waals surface area contributed by atoms with E-state index in [0.717, 1.165) is 12.1 Å². The van der Waals surface area contributed by atoms with E-state index in [-0.39, 0.29) is 22.5 Å². The normalized spacial score (nSPS) is 10.3. The first-order valence-electron chi connectivity index (χ1n) is 5.54. The average molecular weight is 263 g/mol. The van der Waals surface area contributed by atoms with E-state index in [2.05, 4.69) is 5.32 Å². The largest absolute Gasteiger partial charge is 0.478 e. The smallest absolute Gasteiger partial charge is 0.337 e. The van der Waals surface area contributed by atoms with Gasteiger partial charge < -0.3 is 10.4 Å². The number of para-hydroxylation sites is 1. The minimum Gasteiger partial charge on any atom is -0.478 e. The lowest BCUT2D eigenvalue weighted by molar-refractivity contribution is 0.0698. The van der Waals surface area contributed by atoms with E-state index in [4.69, 9.17) is 5.11 Å². The molecule has 2 aromatic carbocycles. The lowest BCUT2D eigenvalue weighted by atomic mass is 10.1. The molecule has 0 saturated carbocycles. The topological polar surface area (TPSA) is 49.3 Å². The van der Waals surface area contributed by atoms with Crippen molar-refractivity contribution in [3.05, 3.63) is 59.2 Å². The van der Waals surface area contributed by atoms with Crippen LogP contribution in [0, 0.1) is 18.6 Å². The third-order valence-electron chi connectivity index (χ3n) is 2.68. The molecule has 19 heavy (non-hydrogen) atoms. The van der Waals surface area contributed by atoms with E-state index in [0.29, 0.717) is 0 Å². The van der Waals surface area contributed by atoms with E-state index in [1.807, 2.05) is 0 Å². The highest BCUT2D eigenvalue weighted by atomic mass is 19.1. The van der Waals surface area contributed by atoms with Gasteiger partial charge in [0.05, 0.1) is 16.9 Å². The first-order chi connectivity index (χ1) is 8.99. The molecule has 2 N–H and O–H groups in total. The molecule has 3 nitrogen and oxygen atoms in total. The number of hydrogen-bond donors (Lipinski definition) is 2. The number of halogens is 2. The Balaban J connectivity index is 2.42. The van der Waals surface area contributed by atoms with Crippen molar-refractivity contribution >= 4 is 17.3 Å². The molecule has 0 aliphatic heterocycles. The standard InChI is InChI=1S/C14H11F2NO2/c1-8-6-11(16)13(7-10(8)15)17-12-5-3-2-4-9(12)14(18)19/h2-7,17H,1H3,(H,18,19). The number of carboxylic acid groups (broad SMARTS) is 1. The monoisotopic (exact) mass is 263 g/mol. The molecule has 2 aromatic rings. The lowest BCUT2D eigenvalue weighted by Gasteiger charge is -2.11. The second-order valence-electron chi connectivity index (χ2n) is 4.06. The van der Waals surface area contributed by atoms with Crippen molar-refractivity contribution in [3.8, 4) is 0 Å². The molecule has 0 unspecified atom stereocenters. The van der Waals surface area contributed by atoms with Crippen molar-refractivity contribution in [3.63, 3.8) is 0 Å². The first-order valence-corrected chi connectivity index (χ1v) is 5.54. The molecule has 0 spiro atoms. The molecule has 0 aliphatic carbocycles. The highest BCUT2D eigenvalue weighted by Crippen LogP contribution is 2.25. The van der Waals surface area contributed by atoms with Crippen LogP contribution in [0.25, 0.3) is 0 Å². The number of anilines is 2. The van der Waals surface area contributed by atoms with Gasteiger partial charge in [-0.05, 0) is 30.7 Å². The van der Waals surface area contributed by atoms with Gasteiger partial charge in [0.25, 0.3) is 0 Å². The molecule has 5 heteroatoms. The van der Waals surface area contributed by atoms with E-state index < -0.39 is 17.6 Å². The van der Waals surface area contributed by atoms with Gasteiger partial charge in [0.2, 0.25) is 0 Å². The first kappa shape index (κ1) is 13.0. The molecule has 0 aromatic heterocycles. The number of hydrogen-bond acceptors (Lipinski definition) is 2. The van der Waals surface area contributed by atoms with Crippen LogP contribution in [-0.2, 0) is 0 Å². The van der Waals surface area contributed by atoms with Crippen LogP contribution < -0.4 is 5.32 Å². The van der Waals surface area contributed by atoms with Crippen LogP contribution in [0.15, 0.2) is 36.4 Å². The van der Waals surface area contributed by atoms with Crippen molar-refractivity contribution in [2.75, 3.05) is 5.32 Å². The number of aryl methyl sites for hydroxylation is 1. The summed E-state index contributed by atoms with van der Waals surface area (Å²) in [5, 5.41) is 11.6. The van der Waals surface area contributed by atoms with E-state index in [9.17, 15) is 13.6 Å². The van der Waals surface area contributed by atoms with Crippen LogP contribution in [0.2, 0.25) is 0 Å². The molecule has 0 aliphatic rings. The summed E-state index contributed by atoms with van der Waals surface area (Å²) in [6.45, 7) is 1.45. The summed E-state index contributed by atoms with van der Waals surface area (Å²) in [6, 6.07) is 8.09. The fourth-order valence-corrected chi connectivity index (χ4v) is 1.67. The number of aromatic carboxylic acids is 1. The summed E-state index contributed by atoms with van der Waals surface area (Å²) in [5.41, 5.74) is 0.284. The van der Waals surface area contributed by atoms with Crippen molar-refractivity contribution < 1.29 is 18.7 Å². The minimum atomic E-state index is -1.14. The van der Waals surface area contributed by atoms with Crippen LogP contribution >= 0.6 is 0 Å². The summed E-state index contributed by atoms with van der Waals surface area (Å²) >= 11 is 0. The second kappa shape index (κ2) is 5.06. The maximum absolute atomic E-state index is 13.7. The van der Waals surface area contributed by atoms with Gasteiger partial charge in [-0.3, -0.25) is 0 Å². The van der Waals surface area contributed by atoms with Gasteiger partial charge in [0.1, 0.15) is 11.6 Å². The van der Waals surface area contributed by atoms with Gasteiger partial charge in [0, 0.05) is 6.07 Å². The summed E-state index contributed by atoms with van der Waals surface area (Å²) in [6.07, 6.45) is 0. The van der Waals surface area contributed by atoms with Gasteiger partial charge in [-0.15, -0.1) is 0 Å². The maximum Gasteiger partial charge on any atom is 0.337 e. The number of carboxylic acids is 1. The molecule has 2 rings (SSSR count). The Kier molecular flexibility index (Phi) is 3.46. The minimum absolute atomic E-state index is 0.0112. The zero-order valence-electron chi connectivity index (χ0n) is 10.1. The lowest BCUT2D eigenvalue weighted by Crippen LogP contribution is -2.04. The Hall–Kier alpha value is -2.43. The quantitative estimate of drug-likeness (QED) is 0.887. The molecule has 0 heterocycles. The second-order valence-corrected chi connectivity index (χ2v) is 4.06. The predicted octanol–water partition coefficient (Wildman–Crippen LogP) is 3.72. The number of nitrogens with one attached hydrogen (secondary N) is 1. The molecular weight excluding hydrogens is 252 g/mol. The van der Waals surface area contributed by atoms with E-state index >= 15 is 0 Å². The van der Waals surface area contributed by atoms with Crippen LogP contribution in [-0.4, -0.2) is 11.1 Å². The Bertz CT molecular complexity index is 641. The zero-order valence-corrected chi connectivity index (χ0v) is 10.1. The van der Waals surface area contributed by atoms with Crippen molar-refractivity contribution in [2.45, 2.75) is 6.92 Å². The van der Waals surface area contributed by atoms with Crippen LogP contribution in [0.4, 0.5) is 20.2 Å². The van der Waals surface area contributed by atoms with Gasteiger partial charge in [-0.1, -0.05) is 12.1 Å². The summed E-state index contributed by atoms with van der Waals surface area (Å²) in [4.78, 5) is 11.0. The molecule has 0 radical (unpaired) electrons. The Morgan fingerprint density at radius 1 is 1.11 bits per heavy atom. The average Bonchev–Trinajstić information content (AvgIpc) is 2.36. The van der Waals surface area contributed by atoms with E-state index in [1.54, 1.807) is 12.1 Å². The number of benzene rings is 2. The highest BCUT2D eigenvalue weighted by molar-refractivity contribution is 5.95. The van der Waals surface area contributed by atoms with Gasteiger partial charge >= 0.3 is 5.97 Å². The SMILES string of the molecule is Cc1cc(F)c(Nc2ccccc2C(=O)O)cc1F. The van der Waals surface area contributed by atoms with Crippen LogP contribution in [0.5, 0.6) is 0 Å².